The van der Waals surface area contributed by atoms with Crippen molar-refractivity contribution in [3.8, 4) is 0 Å². The predicted molar refractivity (Wildman–Crippen MR) is 143 cm³/mol. The molecule has 2 amide bonds. The van der Waals surface area contributed by atoms with Crippen LogP contribution in [0.15, 0.2) is 78.9 Å². The zero-order valence-electron chi connectivity index (χ0n) is 21.5. The van der Waals surface area contributed by atoms with Crippen LogP contribution in [0.5, 0.6) is 0 Å². The first-order valence-electron chi connectivity index (χ1n) is 12.6. The highest BCUT2D eigenvalue weighted by atomic mass is 16.2. The maximum atomic E-state index is 13.7. The number of benzene rings is 3. The Morgan fingerprint density at radius 1 is 0.800 bits per heavy atom. The van der Waals surface area contributed by atoms with Crippen molar-refractivity contribution in [1.82, 2.24) is 10.2 Å². The second-order valence-electron chi connectivity index (χ2n) is 9.52. The number of hydrogen-bond acceptors (Lipinski definition) is 2. The Labute approximate surface area is 210 Å². The molecule has 3 aromatic rings. The van der Waals surface area contributed by atoms with Crippen molar-refractivity contribution in [2.45, 2.75) is 72.0 Å². The van der Waals surface area contributed by atoms with Gasteiger partial charge in [0.25, 0.3) is 0 Å². The number of rotatable bonds is 11. The van der Waals surface area contributed by atoms with Crippen molar-refractivity contribution < 1.29 is 9.59 Å². The molecule has 3 aromatic carbocycles. The van der Waals surface area contributed by atoms with Crippen molar-refractivity contribution in [3.63, 3.8) is 0 Å². The highest BCUT2D eigenvalue weighted by Crippen LogP contribution is 2.18. The second-order valence-corrected chi connectivity index (χ2v) is 9.52. The van der Waals surface area contributed by atoms with Gasteiger partial charge >= 0.3 is 0 Å². The topological polar surface area (TPSA) is 49.4 Å². The Morgan fingerprint density at radius 2 is 1.37 bits per heavy atom. The van der Waals surface area contributed by atoms with E-state index >= 15 is 0 Å². The van der Waals surface area contributed by atoms with E-state index in [0.717, 1.165) is 23.1 Å². The van der Waals surface area contributed by atoms with Gasteiger partial charge < -0.3 is 10.2 Å². The Balaban J connectivity index is 1.89. The molecular formula is C31H38N2O2. The number of hydrogen-bond donors (Lipinski definition) is 1. The van der Waals surface area contributed by atoms with E-state index in [4.69, 9.17) is 0 Å². The molecule has 0 heterocycles. The summed E-state index contributed by atoms with van der Waals surface area (Å²) in [6.45, 7) is 8.56. The minimum absolute atomic E-state index is 0.00798. The van der Waals surface area contributed by atoms with Crippen LogP contribution in [0, 0.1) is 13.8 Å². The molecule has 0 bridgehead atoms. The fourth-order valence-corrected chi connectivity index (χ4v) is 4.03. The first kappa shape index (κ1) is 26.2. The molecule has 0 fully saturated rings. The monoisotopic (exact) mass is 470 g/mol. The van der Waals surface area contributed by atoms with Crippen molar-refractivity contribution in [2.24, 2.45) is 0 Å². The molecule has 0 saturated carbocycles. The maximum Gasteiger partial charge on any atom is 0.243 e. The number of nitrogens with zero attached hydrogens (tertiary/aromatic N) is 1. The number of aryl methyl sites for hydroxylation is 3. The van der Waals surface area contributed by atoms with E-state index in [1.807, 2.05) is 63.2 Å². The molecule has 0 aromatic heterocycles. The Kier molecular flexibility index (Phi) is 9.66. The highest BCUT2D eigenvalue weighted by Gasteiger charge is 2.30. The van der Waals surface area contributed by atoms with Gasteiger partial charge in [-0.3, -0.25) is 9.59 Å². The van der Waals surface area contributed by atoms with Gasteiger partial charge in [0, 0.05) is 25.4 Å². The summed E-state index contributed by atoms with van der Waals surface area (Å²) in [5.41, 5.74) is 5.56. The standard InChI is InChI=1S/C31H38N2O2/c1-5-25(4)32-31(35)29(21-27-9-7-6-8-10-27)33(22-28-17-13-24(3)14-18-28)30(34)20-19-26-15-11-23(2)12-16-26/h6-18,25,29H,5,19-22H2,1-4H3,(H,32,35)/t25-,29+/m1/s1. The second kappa shape index (κ2) is 12.9. The lowest BCUT2D eigenvalue weighted by atomic mass is 10.0. The van der Waals surface area contributed by atoms with Crippen molar-refractivity contribution in [3.05, 3.63) is 107 Å². The third kappa shape index (κ3) is 8.10. The predicted octanol–water partition coefficient (Wildman–Crippen LogP) is 5.79. The van der Waals surface area contributed by atoms with Crippen LogP contribution >= 0.6 is 0 Å². The Morgan fingerprint density at radius 3 is 1.94 bits per heavy atom. The van der Waals surface area contributed by atoms with E-state index in [9.17, 15) is 9.59 Å². The van der Waals surface area contributed by atoms with Gasteiger partial charge in [0.1, 0.15) is 6.04 Å². The average molecular weight is 471 g/mol. The summed E-state index contributed by atoms with van der Waals surface area (Å²) >= 11 is 0. The molecule has 2 atom stereocenters. The molecular weight excluding hydrogens is 432 g/mol. The van der Waals surface area contributed by atoms with Crippen LogP contribution in [0.1, 0.15) is 54.5 Å². The molecule has 0 unspecified atom stereocenters. The van der Waals surface area contributed by atoms with E-state index in [2.05, 4.69) is 48.6 Å². The lowest BCUT2D eigenvalue weighted by Gasteiger charge is -2.32. The molecule has 0 aliphatic heterocycles. The van der Waals surface area contributed by atoms with E-state index in [0.29, 0.717) is 25.8 Å². The van der Waals surface area contributed by atoms with Gasteiger partial charge in [-0.15, -0.1) is 0 Å². The van der Waals surface area contributed by atoms with Crippen LogP contribution in [-0.2, 0) is 29.0 Å². The average Bonchev–Trinajstić information content (AvgIpc) is 2.87. The molecule has 35 heavy (non-hydrogen) atoms. The van der Waals surface area contributed by atoms with Crippen LogP contribution in [0.3, 0.4) is 0 Å². The van der Waals surface area contributed by atoms with Crippen molar-refractivity contribution in [1.29, 1.82) is 0 Å². The molecule has 0 radical (unpaired) electrons. The molecule has 3 rings (SSSR count). The molecule has 1 N–H and O–H groups in total. The van der Waals surface area contributed by atoms with Gasteiger partial charge in [0.2, 0.25) is 11.8 Å². The summed E-state index contributed by atoms with van der Waals surface area (Å²) in [5, 5.41) is 3.13. The molecule has 0 saturated heterocycles. The van der Waals surface area contributed by atoms with Crippen molar-refractivity contribution in [2.75, 3.05) is 0 Å². The van der Waals surface area contributed by atoms with Crippen LogP contribution < -0.4 is 5.32 Å². The van der Waals surface area contributed by atoms with Gasteiger partial charge in [-0.05, 0) is 50.3 Å². The molecule has 0 spiro atoms. The van der Waals surface area contributed by atoms with Crippen LogP contribution in [0.25, 0.3) is 0 Å². The third-order valence-electron chi connectivity index (χ3n) is 6.49. The molecule has 4 nitrogen and oxygen atoms in total. The van der Waals surface area contributed by atoms with Gasteiger partial charge in [0.15, 0.2) is 0 Å². The van der Waals surface area contributed by atoms with Crippen molar-refractivity contribution >= 4 is 11.8 Å². The number of carbonyl (C=O) groups excluding carboxylic acids is 2. The van der Waals surface area contributed by atoms with E-state index in [-0.39, 0.29) is 17.9 Å². The SMILES string of the molecule is CC[C@@H](C)NC(=O)[C@H](Cc1ccccc1)N(Cc1ccc(C)cc1)C(=O)CCc1ccc(C)cc1. The lowest BCUT2D eigenvalue weighted by molar-refractivity contribution is -0.141. The lowest BCUT2D eigenvalue weighted by Crippen LogP contribution is -2.52. The number of carbonyl (C=O) groups is 2. The Hall–Kier alpha value is -3.40. The largest absolute Gasteiger partial charge is 0.352 e. The van der Waals surface area contributed by atoms with Gasteiger partial charge in [0.05, 0.1) is 0 Å². The van der Waals surface area contributed by atoms with E-state index < -0.39 is 6.04 Å². The fourth-order valence-electron chi connectivity index (χ4n) is 4.03. The van der Waals surface area contributed by atoms with Gasteiger partial charge in [-0.25, -0.2) is 0 Å². The Bertz CT molecular complexity index is 1080. The minimum Gasteiger partial charge on any atom is -0.352 e. The molecule has 0 aliphatic carbocycles. The highest BCUT2D eigenvalue weighted by molar-refractivity contribution is 5.88. The maximum absolute atomic E-state index is 13.7. The van der Waals surface area contributed by atoms with Crippen LogP contribution in [-0.4, -0.2) is 28.8 Å². The zero-order chi connectivity index (χ0) is 25.2. The van der Waals surface area contributed by atoms with Crippen LogP contribution in [0.4, 0.5) is 0 Å². The normalized spacial score (nSPS) is 12.6. The summed E-state index contributed by atoms with van der Waals surface area (Å²) < 4.78 is 0. The summed E-state index contributed by atoms with van der Waals surface area (Å²) in [5.74, 6) is -0.106. The van der Waals surface area contributed by atoms with Crippen LogP contribution in [0.2, 0.25) is 0 Å². The minimum atomic E-state index is -0.585. The number of nitrogens with one attached hydrogen (secondary N) is 1. The van der Waals surface area contributed by atoms with E-state index in [1.54, 1.807) is 4.90 Å². The molecule has 0 aliphatic rings. The first-order valence-corrected chi connectivity index (χ1v) is 12.6. The third-order valence-corrected chi connectivity index (χ3v) is 6.49. The summed E-state index contributed by atoms with van der Waals surface area (Å²) in [6.07, 6.45) is 2.32. The summed E-state index contributed by atoms with van der Waals surface area (Å²) in [6, 6.07) is 25.9. The quantitative estimate of drug-likeness (QED) is 0.386. The first-order chi connectivity index (χ1) is 16.9. The molecule has 4 heteroatoms. The van der Waals surface area contributed by atoms with E-state index in [1.165, 1.54) is 11.1 Å². The molecule has 184 valence electrons. The summed E-state index contributed by atoms with van der Waals surface area (Å²) in [4.78, 5) is 29.0. The zero-order valence-corrected chi connectivity index (χ0v) is 21.5. The smallest absolute Gasteiger partial charge is 0.243 e. The van der Waals surface area contributed by atoms with Gasteiger partial charge in [-0.1, -0.05) is 96.9 Å². The van der Waals surface area contributed by atoms with Gasteiger partial charge in [-0.2, -0.15) is 0 Å². The summed E-state index contributed by atoms with van der Waals surface area (Å²) in [7, 11) is 0. The fraction of sp³-hybridized carbons (Fsp3) is 0.355. The number of amides is 2.